The molecule has 2 N–H and O–H groups in total. The van der Waals surface area contributed by atoms with Crippen molar-refractivity contribution in [2.24, 2.45) is 0 Å². The number of benzene rings is 1. The number of aliphatic carboxylic acids is 1. The standard InChI is InChI=1S/C19H19N3O3S/c1-10(2)16-9-22-18(26-16)13-6-15(21-8-11(3)19(23)24)14(7-20)12-4-5-25-17(12)13/h6,9-10,21H,3-5,8H2,1-2H3,(H,23,24). The molecule has 1 aromatic carbocycles. The van der Waals surface area contributed by atoms with Crippen molar-refractivity contribution < 1.29 is 14.6 Å². The molecule has 1 aliphatic heterocycles. The van der Waals surface area contributed by atoms with E-state index in [-0.39, 0.29) is 12.1 Å². The average molecular weight is 369 g/mol. The number of carboxylic acid groups (broad SMARTS) is 1. The summed E-state index contributed by atoms with van der Waals surface area (Å²) in [6.07, 6.45) is 2.51. The van der Waals surface area contributed by atoms with Crippen molar-refractivity contribution >= 4 is 23.0 Å². The number of thiazole rings is 1. The first-order chi connectivity index (χ1) is 12.4. The van der Waals surface area contributed by atoms with Crippen LogP contribution in [0.15, 0.2) is 24.4 Å². The Labute approximate surface area is 155 Å². The van der Waals surface area contributed by atoms with Crippen molar-refractivity contribution in [2.45, 2.75) is 26.2 Å². The monoisotopic (exact) mass is 369 g/mol. The van der Waals surface area contributed by atoms with E-state index in [4.69, 9.17) is 9.84 Å². The number of rotatable bonds is 6. The van der Waals surface area contributed by atoms with E-state index in [1.165, 1.54) is 4.88 Å². The molecule has 1 aromatic heterocycles. The Balaban J connectivity index is 2.06. The fourth-order valence-electron chi connectivity index (χ4n) is 2.76. The zero-order chi connectivity index (χ0) is 18.8. The maximum Gasteiger partial charge on any atom is 0.332 e. The van der Waals surface area contributed by atoms with Crippen LogP contribution in [-0.4, -0.2) is 29.2 Å². The van der Waals surface area contributed by atoms with Crippen molar-refractivity contribution in [3.05, 3.63) is 40.4 Å². The highest BCUT2D eigenvalue weighted by atomic mass is 32.1. The van der Waals surface area contributed by atoms with Crippen LogP contribution < -0.4 is 10.1 Å². The molecule has 0 saturated heterocycles. The number of aromatic nitrogens is 1. The lowest BCUT2D eigenvalue weighted by molar-refractivity contribution is -0.132. The number of carbonyl (C=O) groups is 1. The van der Waals surface area contributed by atoms with Gasteiger partial charge in [-0.3, -0.25) is 0 Å². The third-order valence-electron chi connectivity index (χ3n) is 4.21. The van der Waals surface area contributed by atoms with Gasteiger partial charge in [0.25, 0.3) is 0 Å². The minimum atomic E-state index is -1.07. The molecule has 7 heteroatoms. The minimum absolute atomic E-state index is 0.0310. The summed E-state index contributed by atoms with van der Waals surface area (Å²) in [5.74, 6) is 0.0149. The molecule has 1 aliphatic rings. The summed E-state index contributed by atoms with van der Waals surface area (Å²) >= 11 is 1.60. The molecule has 3 rings (SSSR count). The number of hydrogen-bond donors (Lipinski definition) is 2. The SMILES string of the molecule is C=C(CNc1cc(-c2ncc(C(C)C)s2)c2c(c1C#N)CCO2)C(=O)O. The first-order valence-corrected chi connectivity index (χ1v) is 9.07. The summed E-state index contributed by atoms with van der Waals surface area (Å²) in [6.45, 7) is 8.32. The fraction of sp³-hybridized carbons (Fsp3) is 0.316. The lowest BCUT2D eigenvalue weighted by Gasteiger charge is -2.14. The van der Waals surface area contributed by atoms with Crippen molar-refractivity contribution in [2.75, 3.05) is 18.5 Å². The number of ether oxygens (including phenoxy) is 1. The van der Waals surface area contributed by atoms with Crippen molar-refractivity contribution in [3.8, 4) is 22.4 Å². The van der Waals surface area contributed by atoms with Gasteiger partial charge in [-0.1, -0.05) is 20.4 Å². The Morgan fingerprint density at radius 1 is 1.58 bits per heavy atom. The van der Waals surface area contributed by atoms with Crippen LogP contribution in [0.3, 0.4) is 0 Å². The van der Waals surface area contributed by atoms with E-state index in [1.807, 2.05) is 12.3 Å². The second-order valence-electron chi connectivity index (χ2n) is 6.35. The molecule has 0 spiro atoms. The predicted molar refractivity (Wildman–Crippen MR) is 101 cm³/mol. The van der Waals surface area contributed by atoms with Gasteiger partial charge in [0.15, 0.2) is 0 Å². The molecule has 0 radical (unpaired) electrons. The summed E-state index contributed by atoms with van der Waals surface area (Å²) in [6, 6.07) is 4.03. The lowest BCUT2D eigenvalue weighted by atomic mass is 9.99. The summed E-state index contributed by atoms with van der Waals surface area (Å²) in [7, 11) is 0. The smallest absolute Gasteiger partial charge is 0.332 e. The molecular formula is C19H19N3O3S. The van der Waals surface area contributed by atoms with Crippen LogP contribution in [0.25, 0.3) is 10.6 Å². The number of carboxylic acids is 1. The largest absolute Gasteiger partial charge is 0.492 e. The third kappa shape index (κ3) is 3.28. The number of nitrogens with one attached hydrogen (secondary N) is 1. The Morgan fingerprint density at radius 2 is 2.35 bits per heavy atom. The molecule has 0 amide bonds. The topological polar surface area (TPSA) is 95.2 Å². The van der Waals surface area contributed by atoms with Crippen molar-refractivity contribution in [3.63, 3.8) is 0 Å². The number of nitriles is 1. The predicted octanol–water partition coefficient (Wildman–Crippen LogP) is 3.79. The van der Waals surface area contributed by atoms with Crippen molar-refractivity contribution in [1.29, 1.82) is 5.26 Å². The maximum atomic E-state index is 11.0. The molecule has 134 valence electrons. The number of fused-ring (bicyclic) bond motifs is 1. The summed E-state index contributed by atoms with van der Waals surface area (Å²) in [4.78, 5) is 16.7. The van der Waals surface area contributed by atoms with Gasteiger partial charge >= 0.3 is 5.97 Å². The third-order valence-corrected chi connectivity index (χ3v) is 5.54. The Kier molecular flexibility index (Phi) is 4.96. The second kappa shape index (κ2) is 7.18. The molecule has 0 saturated carbocycles. The molecule has 2 heterocycles. The van der Waals surface area contributed by atoms with E-state index in [0.29, 0.717) is 35.9 Å². The Bertz CT molecular complexity index is 925. The van der Waals surface area contributed by atoms with E-state index in [2.05, 4.69) is 36.8 Å². The summed E-state index contributed by atoms with van der Waals surface area (Å²) in [5.41, 5.74) is 2.77. The highest BCUT2D eigenvalue weighted by molar-refractivity contribution is 7.15. The van der Waals surface area contributed by atoms with E-state index in [0.717, 1.165) is 16.1 Å². The molecule has 0 unspecified atom stereocenters. The van der Waals surface area contributed by atoms with E-state index in [1.54, 1.807) is 11.3 Å². The van der Waals surface area contributed by atoms with Crippen molar-refractivity contribution in [1.82, 2.24) is 4.98 Å². The number of anilines is 1. The van der Waals surface area contributed by atoms with E-state index >= 15 is 0 Å². The average Bonchev–Trinajstić information content (AvgIpc) is 3.27. The molecule has 6 nitrogen and oxygen atoms in total. The van der Waals surface area contributed by atoms with Crippen LogP contribution in [0.4, 0.5) is 5.69 Å². The van der Waals surface area contributed by atoms with E-state index < -0.39 is 5.97 Å². The molecular weight excluding hydrogens is 350 g/mol. The van der Waals surface area contributed by atoms with E-state index in [9.17, 15) is 10.1 Å². The van der Waals surface area contributed by atoms with Crippen LogP contribution in [0.1, 0.15) is 35.8 Å². The quantitative estimate of drug-likeness (QED) is 0.752. The molecule has 0 bridgehead atoms. The molecule has 26 heavy (non-hydrogen) atoms. The van der Waals surface area contributed by atoms with Crippen LogP contribution >= 0.6 is 11.3 Å². The van der Waals surface area contributed by atoms with Crippen LogP contribution in [0, 0.1) is 11.3 Å². The van der Waals surface area contributed by atoms with Gasteiger partial charge in [0.1, 0.15) is 16.8 Å². The summed E-state index contributed by atoms with van der Waals surface area (Å²) < 4.78 is 5.79. The minimum Gasteiger partial charge on any atom is -0.492 e. The summed E-state index contributed by atoms with van der Waals surface area (Å²) in [5, 5.41) is 22.5. The fourth-order valence-corrected chi connectivity index (χ4v) is 3.69. The molecule has 0 fully saturated rings. The van der Waals surface area contributed by atoms with Crippen LogP contribution in [0.2, 0.25) is 0 Å². The van der Waals surface area contributed by atoms with Gasteiger partial charge in [0, 0.05) is 35.2 Å². The Hall–Kier alpha value is -2.85. The highest BCUT2D eigenvalue weighted by Crippen LogP contribution is 2.44. The van der Waals surface area contributed by atoms with Gasteiger partial charge in [-0.05, 0) is 12.0 Å². The van der Waals surface area contributed by atoms with Gasteiger partial charge in [0.05, 0.1) is 23.4 Å². The van der Waals surface area contributed by atoms with Gasteiger partial charge in [-0.15, -0.1) is 11.3 Å². The van der Waals surface area contributed by atoms with Gasteiger partial charge in [0.2, 0.25) is 0 Å². The van der Waals surface area contributed by atoms with Gasteiger partial charge < -0.3 is 15.2 Å². The molecule has 0 atom stereocenters. The molecule has 2 aromatic rings. The van der Waals surface area contributed by atoms with Crippen LogP contribution in [0.5, 0.6) is 5.75 Å². The zero-order valence-corrected chi connectivity index (χ0v) is 15.4. The second-order valence-corrected chi connectivity index (χ2v) is 7.41. The number of hydrogen-bond acceptors (Lipinski definition) is 6. The first-order valence-electron chi connectivity index (χ1n) is 8.26. The molecule has 0 aliphatic carbocycles. The normalized spacial score (nSPS) is 12.4. The first kappa shape index (κ1) is 18.0. The lowest BCUT2D eigenvalue weighted by Crippen LogP contribution is -2.12. The van der Waals surface area contributed by atoms with Gasteiger partial charge in [-0.25, -0.2) is 9.78 Å². The van der Waals surface area contributed by atoms with Gasteiger partial charge in [-0.2, -0.15) is 5.26 Å². The van der Waals surface area contributed by atoms with Crippen LogP contribution in [-0.2, 0) is 11.2 Å². The maximum absolute atomic E-state index is 11.0. The Morgan fingerprint density at radius 3 is 2.96 bits per heavy atom. The highest BCUT2D eigenvalue weighted by Gasteiger charge is 2.26. The number of nitrogens with zero attached hydrogens (tertiary/aromatic N) is 2. The zero-order valence-electron chi connectivity index (χ0n) is 14.6.